The van der Waals surface area contributed by atoms with Crippen molar-refractivity contribution in [3.63, 3.8) is 0 Å². The average molecular weight is 337 g/mol. The first kappa shape index (κ1) is 15.5. The van der Waals surface area contributed by atoms with Crippen LogP contribution in [0.15, 0.2) is 18.3 Å². The Labute approximate surface area is 144 Å². The molecule has 128 valence electrons. The number of aryl methyl sites for hydroxylation is 3. The number of nitrogens with one attached hydrogen (secondary N) is 3. The van der Waals surface area contributed by atoms with Gasteiger partial charge >= 0.3 is 0 Å². The Morgan fingerprint density at radius 1 is 1.28 bits per heavy atom. The van der Waals surface area contributed by atoms with Gasteiger partial charge in [-0.05, 0) is 60.7 Å². The van der Waals surface area contributed by atoms with Crippen LogP contribution in [0.3, 0.4) is 0 Å². The van der Waals surface area contributed by atoms with Crippen LogP contribution in [-0.4, -0.2) is 42.8 Å². The van der Waals surface area contributed by atoms with Gasteiger partial charge in [0, 0.05) is 29.3 Å². The van der Waals surface area contributed by atoms with E-state index < -0.39 is 0 Å². The number of fused-ring (bicyclic) bond motifs is 1. The molecule has 0 fully saturated rings. The van der Waals surface area contributed by atoms with Gasteiger partial charge in [-0.25, -0.2) is 0 Å². The highest BCUT2D eigenvalue weighted by molar-refractivity contribution is 5.97. The molecule has 1 aromatic carbocycles. The SMILES string of the molecule is Cc1cc(-c2nn[nH]n2)cc(C)c1C(=O)NC1CCc2cn[nH]c2C1. The quantitative estimate of drug-likeness (QED) is 0.670. The van der Waals surface area contributed by atoms with Gasteiger partial charge in [0.25, 0.3) is 5.91 Å². The molecule has 8 nitrogen and oxygen atoms in total. The highest BCUT2D eigenvalue weighted by Gasteiger charge is 2.23. The smallest absolute Gasteiger partial charge is 0.252 e. The maximum absolute atomic E-state index is 12.8. The fourth-order valence-electron chi connectivity index (χ4n) is 3.52. The Kier molecular flexibility index (Phi) is 3.79. The van der Waals surface area contributed by atoms with E-state index in [1.165, 1.54) is 5.56 Å². The predicted octanol–water partition coefficient (Wildman–Crippen LogP) is 1.49. The molecule has 0 aliphatic heterocycles. The maximum Gasteiger partial charge on any atom is 0.252 e. The lowest BCUT2D eigenvalue weighted by Crippen LogP contribution is -2.39. The molecule has 0 bridgehead atoms. The Morgan fingerprint density at radius 3 is 2.80 bits per heavy atom. The summed E-state index contributed by atoms with van der Waals surface area (Å²) in [7, 11) is 0. The number of benzene rings is 1. The number of carbonyl (C=O) groups excluding carboxylic acids is 1. The summed E-state index contributed by atoms with van der Waals surface area (Å²) in [5, 5.41) is 24.3. The number of amides is 1. The lowest BCUT2D eigenvalue weighted by Gasteiger charge is -2.23. The molecule has 0 spiro atoms. The van der Waals surface area contributed by atoms with Crippen LogP contribution in [0.2, 0.25) is 0 Å². The first-order chi connectivity index (χ1) is 12.1. The topological polar surface area (TPSA) is 112 Å². The third-order valence-electron chi connectivity index (χ3n) is 4.72. The van der Waals surface area contributed by atoms with Crippen LogP contribution in [0.5, 0.6) is 0 Å². The Balaban J connectivity index is 1.54. The van der Waals surface area contributed by atoms with Gasteiger partial charge in [0.05, 0.1) is 6.20 Å². The third-order valence-corrected chi connectivity index (χ3v) is 4.72. The summed E-state index contributed by atoms with van der Waals surface area (Å²) in [5.74, 6) is 0.486. The molecule has 2 aromatic heterocycles. The largest absolute Gasteiger partial charge is 0.349 e. The molecule has 1 aliphatic carbocycles. The van der Waals surface area contributed by atoms with E-state index in [1.54, 1.807) is 0 Å². The molecule has 1 atom stereocenters. The van der Waals surface area contributed by atoms with Crippen molar-refractivity contribution in [3.05, 3.63) is 46.3 Å². The summed E-state index contributed by atoms with van der Waals surface area (Å²) in [6.45, 7) is 3.86. The minimum absolute atomic E-state index is 0.0392. The van der Waals surface area contributed by atoms with Crippen molar-refractivity contribution >= 4 is 5.91 Å². The second-order valence-corrected chi connectivity index (χ2v) is 6.51. The van der Waals surface area contributed by atoms with Gasteiger partial charge < -0.3 is 5.32 Å². The summed E-state index contributed by atoms with van der Waals surface area (Å²) in [6, 6.07) is 3.96. The predicted molar refractivity (Wildman–Crippen MR) is 91.0 cm³/mol. The number of carbonyl (C=O) groups is 1. The van der Waals surface area contributed by atoms with E-state index in [2.05, 4.69) is 36.1 Å². The second kappa shape index (κ2) is 6.12. The van der Waals surface area contributed by atoms with E-state index in [-0.39, 0.29) is 11.9 Å². The van der Waals surface area contributed by atoms with E-state index in [1.807, 2.05) is 32.2 Å². The van der Waals surface area contributed by atoms with Crippen LogP contribution < -0.4 is 5.32 Å². The summed E-state index contributed by atoms with van der Waals surface area (Å²) < 4.78 is 0. The lowest BCUT2D eigenvalue weighted by molar-refractivity contribution is 0.0932. The van der Waals surface area contributed by atoms with Crippen LogP contribution in [-0.2, 0) is 12.8 Å². The minimum atomic E-state index is -0.0392. The van der Waals surface area contributed by atoms with Crippen LogP contribution in [0.1, 0.15) is 39.2 Å². The number of rotatable bonds is 3. The molecule has 0 saturated heterocycles. The Bertz CT molecular complexity index is 890. The average Bonchev–Trinajstić information content (AvgIpc) is 3.25. The highest BCUT2D eigenvalue weighted by Crippen LogP contribution is 2.24. The summed E-state index contributed by atoms with van der Waals surface area (Å²) >= 11 is 0. The molecule has 3 N–H and O–H groups in total. The van der Waals surface area contributed by atoms with Gasteiger partial charge in [0.1, 0.15) is 0 Å². The summed E-state index contributed by atoms with van der Waals surface area (Å²) in [5.41, 5.74) is 5.73. The number of H-pyrrole nitrogens is 2. The molecule has 8 heteroatoms. The van der Waals surface area contributed by atoms with Crippen molar-refractivity contribution in [2.24, 2.45) is 0 Å². The molecule has 2 heterocycles. The van der Waals surface area contributed by atoms with Crippen LogP contribution in [0.4, 0.5) is 0 Å². The highest BCUT2D eigenvalue weighted by atomic mass is 16.1. The number of tetrazole rings is 1. The van der Waals surface area contributed by atoms with E-state index in [9.17, 15) is 4.79 Å². The van der Waals surface area contributed by atoms with Crippen LogP contribution in [0.25, 0.3) is 11.4 Å². The van der Waals surface area contributed by atoms with E-state index in [0.29, 0.717) is 11.4 Å². The van der Waals surface area contributed by atoms with E-state index in [4.69, 9.17) is 0 Å². The zero-order chi connectivity index (χ0) is 17.4. The standard InChI is InChI=1S/C17H19N7O/c1-9-5-12(16-21-23-24-22-16)6-10(2)15(9)17(25)19-13-4-3-11-8-18-20-14(11)7-13/h5-6,8,13H,3-4,7H2,1-2H3,(H,18,20)(H,19,25)(H,21,22,23,24). The molecule has 25 heavy (non-hydrogen) atoms. The number of aromatic amines is 2. The van der Waals surface area contributed by atoms with Gasteiger partial charge in [-0.2, -0.15) is 10.3 Å². The van der Waals surface area contributed by atoms with E-state index >= 15 is 0 Å². The fourth-order valence-corrected chi connectivity index (χ4v) is 3.52. The molecule has 4 rings (SSSR count). The number of hydrogen-bond donors (Lipinski definition) is 3. The molecule has 1 amide bonds. The van der Waals surface area contributed by atoms with Crippen molar-refractivity contribution in [1.82, 2.24) is 36.1 Å². The zero-order valence-electron chi connectivity index (χ0n) is 14.1. The van der Waals surface area contributed by atoms with E-state index in [0.717, 1.165) is 41.6 Å². The lowest BCUT2D eigenvalue weighted by atomic mass is 9.92. The monoisotopic (exact) mass is 337 g/mol. The van der Waals surface area contributed by atoms with Crippen LogP contribution >= 0.6 is 0 Å². The minimum Gasteiger partial charge on any atom is -0.349 e. The number of hydrogen-bond acceptors (Lipinski definition) is 5. The van der Waals surface area contributed by atoms with Crippen LogP contribution in [0, 0.1) is 13.8 Å². The fraction of sp³-hybridized carbons (Fsp3) is 0.353. The summed E-state index contributed by atoms with van der Waals surface area (Å²) in [4.78, 5) is 12.8. The van der Waals surface area contributed by atoms with Gasteiger partial charge in [0.2, 0.25) is 5.82 Å². The van der Waals surface area contributed by atoms with Crippen molar-refractivity contribution < 1.29 is 4.79 Å². The molecular formula is C17H19N7O. The molecule has 0 saturated carbocycles. The van der Waals surface area contributed by atoms with Gasteiger partial charge in [-0.1, -0.05) is 0 Å². The van der Waals surface area contributed by atoms with Crippen molar-refractivity contribution in [2.75, 3.05) is 0 Å². The summed E-state index contributed by atoms with van der Waals surface area (Å²) in [6.07, 6.45) is 4.53. The number of aromatic nitrogens is 6. The molecular weight excluding hydrogens is 318 g/mol. The maximum atomic E-state index is 12.8. The van der Waals surface area contributed by atoms with Gasteiger partial charge in [-0.3, -0.25) is 9.89 Å². The van der Waals surface area contributed by atoms with Crippen molar-refractivity contribution in [3.8, 4) is 11.4 Å². The third kappa shape index (κ3) is 2.90. The Hall–Kier alpha value is -3.03. The molecule has 0 radical (unpaired) electrons. The number of nitrogens with zero attached hydrogens (tertiary/aromatic N) is 4. The first-order valence-electron chi connectivity index (χ1n) is 8.29. The van der Waals surface area contributed by atoms with Crippen molar-refractivity contribution in [1.29, 1.82) is 0 Å². The first-order valence-corrected chi connectivity index (χ1v) is 8.29. The zero-order valence-corrected chi connectivity index (χ0v) is 14.1. The van der Waals surface area contributed by atoms with Crippen molar-refractivity contribution in [2.45, 2.75) is 39.2 Å². The normalized spacial score (nSPS) is 16.5. The molecule has 1 unspecified atom stereocenters. The second-order valence-electron chi connectivity index (χ2n) is 6.51. The van der Waals surface area contributed by atoms with Gasteiger partial charge in [-0.15, -0.1) is 10.2 Å². The van der Waals surface area contributed by atoms with Gasteiger partial charge in [0.15, 0.2) is 0 Å². The molecule has 1 aliphatic rings. The molecule has 3 aromatic rings. The Morgan fingerprint density at radius 2 is 2.08 bits per heavy atom.